The fourth-order valence-corrected chi connectivity index (χ4v) is 4.23. The molecule has 1 amide bonds. The molecule has 1 aromatic carbocycles. The topological polar surface area (TPSA) is 45.6 Å². The first-order valence-electron chi connectivity index (χ1n) is 8.38. The van der Waals surface area contributed by atoms with E-state index in [-0.39, 0.29) is 23.4 Å². The predicted octanol–water partition coefficient (Wildman–Crippen LogP) is 2.78. The number of carbonyl (C=O) groups is 1. The molecular formula is C18H22ClN3O2S. The number of halogens is 1. The Morgan fingerprint density at radius 3 is 2.52 bits per heavy atom. The molecule has 1 fully saturated rings. The smallest absolute Gasteiger partial charge is 0.307 e. The molecule has 0 bridgehead atoms. The lowest BCUT2D eigenvalue weighted by Crippen LogP contribution is -2.50. The van der Waals surface area contributed by atoms with Crippen LogP contribution in [-0.4, -0.2) is 46.5 Å². The molecule has 1 unspecified atom stereocenters. The zero-order valence-electron chi connectivity index (χ0n) is 14.4. The SMILES string of the molecule is Cc1csc(=O)n1CC(=O)N1CCN(C(C)c2ccccc2Cl)CC1. The molecule has 1 aliphatic rings. The second kappa shape index (κ2) is 7.72. The Morgan fingerprint density at radius 1 is 1.24 bits per heavy atom. The highest BCUT2D eigenvalue weighted by Crippen LogP contribution is 2.27. The Morgan fingerprint density at radius 2 is 1.92 bits per heavy atom. The van der Waals surface area contributed by atoms with Crippen LogP contribution in [0.25, 0.3) is 0 Å². The maximum Gasteiger partial charge on any atom is 0.307 e. The van der Waals surface area contributed by atoms with E-state index in [2.05, 4.69) is 17.9 Å². The van der Waals surface area contributed by atoms with E-state index < -0.39 is 0 Å². The largest absolute Gasteiger partial charge is 0.339 e. The minimum absolute atomic E-state index is 0.00801. The number of aryl methyl sites for hydroxylation is 1. The van der Waals surface area contributed by atoms with Gasteiger partial charge in [0.05, 0.1) is 0 Å². The van der Waals surface area contributed by atoms with Crippen LogP contribution in [0, 0.1) is 6.92 Å². The summed E-state index contributed by atoms with van der Waals surface area (Å²) < 4.78 is 1.55. The summed E-state index contributed by atoms with van der Waals surface area (Å²) >= 11 is 7.44. The van der Waals surface area contributed by atoms with Gasteiger partial charge in [0.25, 0.3) is 0 Å². The van der Waals surface area contributed by atoms with Gasteiger partial charge in [-0.2, -0.15) is 0 Å². The van der Waals surface area contributed by atoms with Gasteiger partial charge in [-0.1, -0.05) is 41.1 Å². The summed E-state index contributed by atoms with van der Waals surface area (Å²) in [5, 5.41) is 2.57. The Balaban J connectivity index is 1.59. The zero-order valence-corrected chi connectivity index (χ0v) is 16.0. The number of hydrogen-bond acceptors (Lipinski definition) is 4. The van der Waals surface area contributed by atoms with Crippen molar-refractivity contribution in [1.82, 2.24) is 14.4 Å². The summed E-state index contributed by atoms with van der Waals surface area (Å²) in [4.78, 5) is 28.4. The summed E-state index contributed by atoms with van der Waals surface area (Å²) in [6.07, 6.45) is 0. The van der Waals surface area contributed by atoms with Crippen molar-refractivity contribution < 1.29 is 4.79 Å². The van der Waals surface area contributed by atoms with Crippen LogP contribution in [0.5, 0.6) is 0 Å². The number of carbonyl (C=O) groups excluding carboxylic acids is 1. The number of hydrogen-bond donors (Lipinski definition) is 0. The minimum Gasteiger partial charge on any atom is -0.339 e. The molecule has 1 atom stereocenters. The van der Waals surface area contributed by atoms with E-state index in [4.69, 9.17) is 11.6 Å². The first-order valence-corrected chi connectivity index (χ1v) is 9.64. The Bertz CT molecular complexity index is 809. The number of thiazole rings is 1. The molecule has 2 heterocycles. The number of nitrogens with zero attached hydrogens (tertiary/aromatic N) is 3. The molecule has 1 aliphatic heterocycles. The Hall–Kier alpha value is -1.63. The molecular weight excluding hydrogens is 358 g/mol. The van der Waals surface area contributed by atoms with Crippen LogP contribution in [0.15, 0.2) is 34.4 Å². The average Bonchev–Trinajstić information content (AvgIpc) is 2.93. The molecule has 5 nitrogen and oxygen atoms in total. The van der Waals surface area contributed by atoms with Crippen LogP contribution in [0.4, 0.5) is 0 Å². The third-order valence-corrected chi connectivity index (χ3v) is 6.07. The Labute approximate surface area is 156 Å². The lowest BCUT2D eigenvalue weighted by Gasteiger charge is -2.38. The average molecular weight is 380 g/mol. The van der Waals surface area contributed by atoms with Crippen molar-refractivity contribution >= 4 is 28.8 Å². The van der Waals surface area contributed by atoms with Crippen LogP contribution >= 0.6 is 22.9 Å². The molecule has 2 aromatic rings. The first-order chi connectivity index (χ1) is 12.0. The third-order valence-electron chi connectivity index (χ3n) is 4.84. The summed E-state index contributed by atoms with van der Waals surface area (Å²) in [6, 6.07) is 8.11. The summed E-state index contributed by atoms with van der Waals surface area (Å²) in [6.45, 7) is 7.08. The van der Waals surface area contributed by atoms with E-state index in [0.717, 1.165) is 40.7 Å². The standard InChI is InChI=1S/C18H22ClN3O2S/c1-13-12-25-18(24)22(13)11-17(23)21-9-7-20(8-10-21)14(2)15-5-3-4-6-16(15)19/h3-6,12,14H,7-11H2,1-2H3. The van der Waals surface area contributed by atoms with Crippen LogP contribution in [-0.2, 0) is 11.3 Å². The molecule has 134 valence electrons. The number of benzene rings is 1. The second-order valence-electron chi connectivity index (χ2n) is 6.34. The molecule has 0 aliphatic carbocycles. The number of piperazine rings is 1. The maximum atomic E-state index is 12.5. The maximum absolute atomic E-state index is 12.5. The van der Waals surface area contributed by atoms with Crippen molar-refractivity contribution in [3.63, 3.8) is 0 Å². The van der Waals surface area contributed by atoms with E-state index >= 15 is 0 Å². The van der Waals surface area contributed by atoms with Gasteiger partial charge in [0.1, 0.15) is 6.54 Å². The van der Waals surface area contributed by atoms with E-state index in [1.807, 2.05) is 30.0 Å². The number of amides is 1. The van der Waals surface area contributed by atoms with Crippen LogP contribution in [0.2, 0.25) is 5.02 Å². The van der Waals surface area contributed by atoms with Crippen LogP contribution < -0.4 is 4.87 Å². The van der Waals surface area contributed by atoms with Gasteiger partial charge in [0.15, 0.2) is 0 Å². The summed E-state index contributed by atoms with van der Waals surface area (Å²) in [7, 11) is 0. The first kappa shape index (κ1) is 18.2. The Kier molecular flexibility index (Phi) is 5.61. The molecule has 25 heavy (non-hydrogen) atoms. The quantitative estimate of drug-likeness (QED) is 0.820. The highest BCUT2D eigenvalue weighted by Gasteiger charge is 2.26. The van der Waals surface area contributed by atoms with Gasteiger partial charge in [-0.15, -0.1) is 0 Å². The lowest BCUT2D eigenvalue weighted by atomic mass is 10.1. The molecule has 0 spiro atoms. The van der Waals surface area contributed by atoms with Crippen LogP contribution in [0.1, 0.15) is 24.2 Å². The van der Waals surface area contributed by atoms with Crippen molar-refractivity contribution in [2.45, 2.75) is 26.4 Å². The predicted molar refractivity (Wildman–Crippen MR) is 101 cm³/mol. The van der Waals surface area contributed by atoms with E-state index in [1.54, 1.807) is 9.95 Å². The third kappa shape index (κ3) is 3.97. The fourth-order valence-electron chi connectivity index (χ4n) is 3.20. The van der Waals surface area contributed by atoms with E-state index in [9.17, 15) is 9.59 Å². The highest BCUT2D eigenvalue weighted by atomic mass is 35.5. The normalized spacial score (nSPS) is 16.8. The number of aromatic nitrogens is 1. The van der Waals surface area contributed by atoms with E-state index in [0.29, 0.717) is 13.1 Å². The van der Waals surface area contributed by atoms with Gasteiger partial charge < -0.3 is 4.90 Å². The van der Waals surface area contributed by atoms with Gasteiger partial charge in [0.2, 0.25) is 5.91 Å². The van der Waals surface area contributed by atoms with Gasteiger partial charge in [0, 0.05) is 48.3 Å². The molecule has 0 N–H and O–H groups in total. The molecule has 1 saturated heterocycles. The highest BCUT2D eigenvalue weighted by molar-refractivity contribution is 7.07. The number of rotatable bonds is 4. The van der Waals surface area contributed by atoms with Crippen molar-refractivity contribution in [3.05, 3.63) is 55.6 Å². The lowest BCUT2D eigenvalue weighted by molar-refractivity contribution is -0.134. The summed E-state index contributed by atoms with van der Waals surface area (Å²) in [5.41, 5.74) is 1.96. The van der Waals surface area contributed by atoms with Gasteiger partial charge in [-0.05, 0) is 25.5 Å². The zero-order chi connectivity index (χ0) is 18.0. The molecule has 7 heteroatoms. The second-order valence-corrected chi connectivity index (χ2v) is 7.57. The summed E-state index contributed by atoms with van der Waals surface area (Å²) in [5.74, 6) is 0.00801. The minimum atomic E-state index is -0.0724. The van der Waals surface area contributed by atoms with Crippen LogP contribution in [0.3, 0.4) is 0 Å². The molecule has 0 saturated carbocycles. The van der Waals surface area contributed by atoms with Gasteiger partial charge >= 0.3 is 4.87 Å². The molecule has 0 radical (unpaired) electrons. The molecule has 1 aromatic heterocycles. The van der Waals surface area contributed by atoms with E-state index in [1.165, 1.54) is 0 Å². The molecule has 3 rings (SSSR count). The van der Waals surface area contributed by atoms with Gasteiger partial charge in [-0.25, -0.2) is 0 Å². The fraction of sp³-hybridized carbons (Fsp3) is 0.444. The van der Waals surface area contributed by atoms with Crippen molar-refractivity contribution in [1.29, 1.82) is 0 Å². The van der Waals surface area contributed by atoms with Crippen molar-refractivity contribution in [2.75, 3.05) is 26.2 Å². The van der Waals surface area contributed by atoms with Crippen molar-refractivity contribution in [2.24, 2.45) is 0 Å². The monoisotopic (exact) mass is 379 g/mol. The van der Waals surface area contributed by atoms with Crippen molar-refractivity contribution in [3.8, 4) is 0 Å². The van der Waals surface area contributed by atoms with Gasteiger partial charge in [-0.3, -0.25) is 19.1 Å².